The van der Waals surface area contributed by atoms with Gasteiger partial charge in [0.15, 0.2) is 0 Å². The van der Waals surface area contributed by atoms with E-state index in [2.05, 4.69) is 71.3 Å². The highest BCUT2D eigenvalue weighted by molar-refractivity contribution is 5.34. The molecule has 2 heterocycles. The average Bonchev–Trinajstić information content (AvgIpc) is 2.91. The minimum absolute atomic E-state index is 0.0180. The summed E-state index contributed by atoms with van der Waals surface area (Å²) in [4.78, 5) is 4.70. The fourth-order valence-corrected chi connectivity index (χ4v) is 4.78. The predicted molar refractivity (Wildman–Crippen MR) is 137 cm³/mol. The SMILES string of the molecule is CNCCC(Oc1ccccc1CNCCC1(c2ccccn2)CCOCC1)c1ccccc1. The van der Waals surface area contributed by atoms with Gasteiger partial charge in [-0.05, 0) is 63.2 Å². The molecule has 34 heavy (non-hydrogen) atoms. The summed E-state index contributed by atoms with van der Waals surface area (Å²) in [6.07, 6.45) is 5.93. The van der Waals surface area contributed by atoms with Gasteiger partial charge in [0.2, 0.25) is 0 Å². The van der Waals surface area contributed by atoms with Crippen LogP contribution in [0.25, 0.3) is 0 Å². The molecule has 1 atom stereocenters. The summed E-state index contributed by atoms with van der Waals surface area (Å²) in [6, 6.07) is 25.1. The Bertz CT molecular complexity index is 975. The molecule has 2 aromatic carbocycles. The third kappa shape index (κ3) is 6.44. The summed E-state index contributed by atoms with van der Waals surface area (Å²) in [7, 11) is 1.98. The average molecular weight is 460 g/mol. The zero-order valence-corrected chi connectivity index (χ0v) is 20.2. The minimum Gasteiger partial charge on any atom is -0.485 e. The van der Waals surface area contributed by atoms with Crippen LogP contribution in [0.3, 0.4) is 0 Å². The standard InChI is InChI=1S/C29H37N3O2/c1-30-19-14-27(24-9-3-2-4-10-24)34-26-12-6-5-11-25(26)23-31-20-15-29(16-21-33-22-17-29)28-13-7-8-18-32-28/h2-13,18,27,30-31H,14-17,19-23H2,1H3. The van der Waals surface area contributed by atoms with Gasteiger partial charge < -0.3 is 20.1 Å². The van der Waals surface area contributed by atoms with Gasteiger partial charge in [-0.1, -0.05) is 54.6 Å². The first-order valence-electron chi connectivity index (χ1n) is 12.4. The lowest BCUT2D eigenvalue weighted by atomic mass is 9.74. The Labute approximate surface area is 203 Å². The number of nitrogens with one attached hydrogen (secondary N) is 2. The van der Waals surface area contributed by atoms with Gasteiger partial charge in [-0.25, -0.2) is 0 Å². The van der Waals surface area contributed by atoms with Gasteiger partial charge in [0.1, 0.15) is 11.9 Å². The number of pyridine rings is 1. The zero-order chi connectivity index (χ0) is 23.5. The van der Waals surface area contributed by atoms with Crippen molar-refractivity contribution in [3.8, 4) is 5.75 Å². The van der Waals surface area contributed by atoms with Crippen LogP contribution in [0.1, 0.15) is 48.6 Å². The van der Waals surface area contributed by atoms with E-state index in [4.69, 9.17) is 14.5 Å². The molecule has 1 unspecified atom stereocenters. The van der Waals surface area contributed by atoms with E-state index in [9.17, 15) is 0 Å². The minimum atomic E-state index is 0.0180. The summed E-state index contributed by atoms with van der Waals surface area (Å²) in [6.45, 7) is 4.21. The number of rotatable bonds is 12. The highest BCUT2D eigenvalue weighted by Gasteiger charge is 2.35. The van der Waals surface area contributed by atoms with Crippen molar-refractivity contribution >= 4 is 0 Å². The van der Waals surface area contributed by atoms with E-state index in [0.29, 0.717) is 0 Å². The molecule has 5 heteroatoms. The van der Waals surface area contributed by atoms with Crippen LogP contribution in [-0.4, -0.2) is 38.3 Å². The van der Waals surface area contributed by atoms with Crippen LogP contribution in [0.4, 0.5) is 0 Å². The molecular weight excluding hydrogens is 422 g/mol. The number of ether oxygens (including phenoxy) is 2. The van der Waals surface area contributed by atoms with Crippen molar-refractivity contribution in [2.24, 2.45) is 0 Å². The van der Waals surface area contributed by atoms with E-state index >= 15 is 0 Å². The van der Waals surface area contributed by atoms with Gasteiger partial charge in [-0.15, -0.1) is 0 Å². The number of aromatic nitrogens is 1. The number of benzene rings is 2. The molecule has 4 rings (SSSR count). The van der Waals surface area contributed by atoms with Crippen LogP contribution in [0.2, 0.25) is 0 Å². The van der Waals surface area contributed by atoms with Crippen LogP contribution >= 0.6 is 0 Å². The van der Waals surface area contributed by atoms with Gasteiger partial charge in [0, 0.05) is 49.0 Å². The van der Waals surface area contributed by atoms with Gasteiger partial charge in [0.05, 0.1) is 0 Å². The lowest BCUT2D eigenvalue weighted by molar-refractivity contribution is 0.0453. The van der Waals surface area contributed by atoms with E-state index in [1.165, 1.54) is 16.8 Å². The molecular formula is C29H37N3O2. The lowest BCUT2D eigenvalue weighted by Gasteiger charge is -2.37. The monoisotopic (exact) mass is 459 g/mol. The molecule has 1 fully saturated rings. The maximum absolute atomic E-state index is 6.56. The van der Waals surface area contributed by atoms with Crippen molar-refractivity contribution in [3.05, 3.63) is 95.8 Å². The molecule has 1 aliphatic rings. The second kappa shape index (κ2) is 12.7. The molecule has 0 saturated carbocycles. The molecule has 2 N–H and O–H groups in total. The number of nitrogens with zero attached hydrogens (tertiary/aromatic N) is 1. The highest BCUT2D eigenvalue weighted by atomic mass is 16.5. The third-order valence-electron chi connectivity index (χ3n) is 6.82. The molecule has 0 spiro atoms. The van der Waals surface area contributed by atoms with Crippen molar-refractivity contribution in [1.29, 1.82) is 0 Å². The maximum Gasteiger partial charge on any atom is 0.125 e. The van der Waals surface area contributed by atoms with Gasteiger partial charge in [-0.2, -0.15) is 0 Å². The largest absolute Gasteiger partial charge is 0.485 e. The number of para-hydroxylation sites is 1. The molecule has 180 valence electrons. The number of hydrogen-bond donors (Lipinski definition) is 2. The number of hydrogen-bond acceptors (Lipinski definition) is 5. The van der Waals surface area contributed by atoms with Crippen molar-refractivity contribution in [2.45, 2.75) is 43.7 Å². The Hall–Kier alpha value is -2.73. The predicted octanol–water partition coefficient (Wildman–Crippen LogP) is 5.04. The summed E-state index contributed by atoms with van der Waals surface area (Å²) in [5.74, 6) is 0.950. The summed E-state index contributed by atoms with van der Waals surface area (Å²) in [5.41, 5.74) is 3.68. The molecule has 3 aromatic rings. The second-order valence-electron chi connectivity index (χ2n) is 9.05. The Kier molecular flexibility index (Phi) is 9.08. The molecule has 0 aliphatic carbocycles. The van der Waals surface area contributed by atoms with Crippen LogP contribution in [0.15, 0.2) is 79.0 Å². The van der Waals surface area contributed by atoms with Crippen LogP contribution in [0, 0.1) is 0 Å². The molecule has 5 nitrogen and oxygen atoms in total. The van der Waals surface area contributed by atoms with Crippen molar-refractivity contribution in [2.75, 3.05) is 33.4 Å². The molecule has 1 aliphatic heterocycles. The third-order valence-corrected chi connectivity index (χ3v) is 6.82. The highest BCUT2D eigenvalue weighted by Crippen LogP contribution is 2.36. The quantitative estimate of drug-likeness (QED) is 0.372. The molecule has 0 radical (unpaired) electrons. The van der Waals surface area contributed by atoms with E-state index in [1.807, 2.05) is 25.4 Å². The van der Waals surface area contributed by atoms with E-state index in [1.54, 1.807) is 0 Å². The Morgan fingerprint density at radius 3 is 2.47 bits per heavy atom. The molecule has 0 bridgehead atoms. The smallest absolute Gasteiger partial charge is 0.125 e. The zero-order valence-electron chi connectivity index (χ0n) is 20.2. The van der Waals surface area contributed by atoms with E-state index in [0.717, 1.165) is 64.3 Å². The first-order valence-corrected chi connectivity index (χ1v) is 12.4. The fraction of sp³-hybridized carbons (Fsp3) is 0.414. The van der Waals surface area contributed by atoms with Crippen molar-refractivity contribution in [1.82, 2.24) is 15.6 Å². The Morgan fingerprint density at radius 1 is 0.941 bits per heavy atom. The fourth-order valence-electron chi connectivity index (χ4n) is 4.78. The van der Waals surface area contributed by atoms with Crippen molar-refractivity contribution < 1.29 is 9.47 Å². The lowest BCUT2D eigenvalue weighted by Crippen LogP contribution is -2.37. The summed E-state index contributed by atoms with van der Waals surface area (Å²) in [5, 5.41) is 6.93. The van der Waals surface area contributed by atoms with Gasteiger partial charge in [-0.3, -0.25) is 4.98 Å². The summed E-state index contributed by atoms with van der Waals surface area (Å²) < 4.78 is 12.2. The molecule has 1 aromatic heterocycles. The van der Waals surface area contributed by atoms with Crippen molar-refractivity contribution in [3.63, 3.8) is 0 Å². The summed E-state index contributed by atoms with van der Waals surface area (Å²) >= 11 is 0. The molecule has 0 amide bonds. The first-order chi connectivity index (χ1) is 16.8. The molecule has 1 saturated heterocycles. The Balaban J connectivity index is 1.39. The topological polar surface area (TPSA) is 55.4 Å². The van der Waals surface area contributed by atoms with E-state index in [-0.39, 0.29) is 11.5 Å². The second-order valence-corrected chi connectivity index (χ2v) is 9.05. The maximum atomic E-state index is 6.56. The normalized spacial score (nSPS) is 16.1. The van der Waals surface area contributed by atoms with Crippen LogP contribution in [0.5, 0.6) is 5.75 Å². The Morgan fingerprint density at radius 2 is 1.71 bits per heavy atom. The van der Waals surface area contributed by atoms with E-state index < -0.39 is 0 Å². The van der Waals surface area contributed by atoms with Crippen LogP contribution in [-0.2, 0) is 16.7 Å². The van der Waals surface area contributed by atoms with Crippen LogP contribution < -0.4 is 15.4 Å². The van der Waals surface area contributed by atoms with Gasteiger partial charge >= 0.3 is 0 Å². The van der Waals surface area contributed by atoms with Gasteiger partial charge in [0.25, 0.3) is 0 Å². The first kappa shape index (κ1) is 24.4.